The van der Waals surface area contributed by atoms with Gasteiger partial charge in [0, 0.05) is 31.0 Å². The minimum Gasteiger partial charge on any atom is -0.497 e. The number of carbonyl (C=O) groups is 1. The largest absolute Gasteiger partial charge is 0.497 e. The van der Waals surface area contributed by atoms with Gasteiger partial charge >= 0.3 is 0 Å². The molecule has 0 atom stereocenters. The van der Waals surface area contributed by atoms with Crippen molar-refractivity contribution >= 4 is 5.91 Å². The standard InChI is InChI=1S/C19H23N3O2/c1-24-18-4-2-15(3-5-18)16-10-17(13-21-12-16)19(23)22-8-6-14(11-20)7-9-22/h2-5,10,12-14H,6-9,11,20H2,1H3. The maximum absolute atomic E-state index is 12.7. The summed E-state index contributed by atoms with van der Waals surface area (Å²) in [6.07, 6.45) is 5.38. The van der Waals surface area contributed by atoms with Gasteiger partial charge in [-0.3, -0.25) is 9.78 Å². The molecule has 5 heteroatoms. The molecule has 126 valence electrons. The van der Waals surface area contributed by atoms with Crippen LogP contribution in [0.3, 0.4) is 0 Å². The highest BCUT2D eigenvalue weighted by molar-refractivity contribution is 5.95. The third kappa shape index (κ3) is 3.57. The first kappa shape index (κ1) is 16.5. The summed E-state index contributed by atoms with van der Waals surface area (Å²) in [4.78, 5) is 18.9. The van der Waals surface area contributed by atoms with E-state index in [2.05, 4.69) is 4.98 Å². The lowest BCUT2D eigenvalue weighted by Gasteiger charge is -2.31. The van der Waals surface area contributed by atoms with Gasteiger partial charge in [-0.2, -0.15) is 0 Å². The van der Waals surface area contributed by atoms with Crippen LogP contribution >= 0.6 is 0 Å². The van der Waals surface area contributed by atoms with Gasteiger partial charge in [0.15, 0.2) is 0 Å². The summed E-state index contributed by atoms with van der Waals surface area (Å²) in [5, 5.41) is 0. The van der Waals surface area contributed by atoms with Crippen LogP contribution in [0.15, 0.2) is 42.7 Å². The van der Waals surface area contributed by atoms with Gasteiger partial charge in [-0.05, 0) is 49.1 Å². The molecule has 0 aliphatic carbocycles. The predicted molar refractivity (Wildman–Crippen MR) is 93.9 cm³/mol. The highest BCUT2D eigenvalue weighted by atomic mass is 16.5. The van der Waals surface area contributed by atoms with Crippen molar-refractivity contribution in [1.29, 1.82) is 0 Å². The fourth-order valence-corrected chi connectivity index (χ4v) is 3.05. The number of hydrogen-bond acceptors (Lipinski definition) is 4. The molecule has 2 aromatic rings. The summed E-state index contributed by atoms with van der Waals surface area (Å²) in [6.45, 7) is 2.25. The Morgan fingerprint density at radius 1 is 1.21 bits per heavy atom. The van der Waals surface area contributed by atoms with Crippen molar-refractivity contribution in [2.24, 2.45) is 11.7 Å². The summed E-state index contributed by atoms with van der Waals surface area (Å²) in [5.41, 5.74) is 8.30. The second-order valence-electron chi connectivity index (χ2n) is 6.16. The van der Waals surface area contributed by atoms with E-state index in [4.69, 9.17) is 10.5 Å². The van der Waals surface area contributed by atoms with Crippen molar-refractivity contribution in [3.8, 4) is 16.9 Å². The lowest BCUT2D eigenvalue weighted by Crippen LogP contribution is -2.40. The summed E-state index contributed by atoms with van der Waals surface area (Å²) in [6, 6.07) is 9.66. The molecule has 1 aromatic heterocycles. The third-order valence-electron chi connectivity index (χ3n) is 4.64. The van der Waals surface area contributed by atoms with Crippen molar-refractivity contribution in [2.75, 3.05) is 26.7 Å². The van der Waals surface area contributed by atoms with E-state index in [1.807, 2.05) is 35.2 Å². The number of methoxy groups -OCH3 is 1. The number of carbonyl (C=O) groups excluding carboxylic acids is 1. The van der Waals surface area contributed by atoms with E-state index >= 15 is 0 Å². The Morgan fingerprint density at radius 2 is 1.92 bits per heavy atom. The van der Waals surface area contributed by atoms with Gasteiger partial charge in [-0.1, -0.05) is 12.1 Å². The zero-order chi connectivity index (χ0) is 16.9. The van der Waals surface area contributed by atoms with Crippen LogP contribution in [0, 0.1) is 5.92 Å². The van der Waals surface area contributed by atoms with Crippen LogP contribution in [0.2, 0.25) is 0 Å². The molecule has 3 rings (SSSR count). The van der Waals surface area contributed by atoms with Crippen LogP contribution in [0.25, 0.3) is 11.1 Å². The number of nitrogens with two attached hydrogens (primary N) is 1. The average molecular weight is 325 g/mol. The first-order chi connectivity index (χ1) is 11.7. The van der Waals surface area contributed by atoms with E-state index in [0.29, 0.717) is 18.0 Å². The van der Waals surface area contributed by atoms with Crippen LogP contribution in [0.4, 0.5) is 0 Å². The zero-order valence-electron chi connectivity index (χ0n) is 13.9. The van der Waals surface area contributed by atoms with Crippen LogP contribution in [-0.2, 0) is 0 Å². The molecular formula is C19H23N3O2. The second-order valence-corrected chi connectivity index (χ2v) is 6.16. The first-order valence-corrected chi connectivity index (χ1v) is 8.30. The molecular weight excluding hydrogens is 302 g/mol. The Morgan fingerprint density at radius 3 is 2.54 bits per heavy atom. The number of rotatable bonds is 4. The molecule has 1 amide bonds. The average Bonchev–Trinajstić information content (AvgIpc) is 2.67. The molecule has 5 nitrogen and oxygen atoms in total. The van der Waals surface area contributed by atoms with Crippen LogP contribution < -0.4 is 10.5 Å². The number of ether oxygens (including phenoxy) is 1. The Kier molecular flexibility index (Phi) is 5.11. The van der Waals surface area contributed by atoms with Gasteiger partial charge in [0.2, 0.25) is 0 Å². The summed E-state index contributed by atoms with van der Waals surface area (Å²) in [5.74, 6) is 1.40. The smallest absolute Gasteiger partial charge is 0.255 e. The Hall–Kier alpha value is -2.40. The molecule has 0 radical (unpaired) electrons. The lowest BCUT2D eigenvalue weighted by molar-refractivity contribution is 0.0693. The van der Waals surface area contributed by atoms with Crippen molar-refractivity contribution in [3.05, 3.63) is 48.3 Å². The van der Waals surface area contributed by atoms with E-state index in [0.717, 1.165) is 42.8 Å². The number of benzene rings is 1. The van der Waals surface area contributed by atoms with E-state index in [1.165, 1.54) is 0 Å². The molecule has 1 aliphatic rings. The van der Waals surface area contributed by atoms with Crippen LogP contribution in [0.5, 0.6) is 5.75 Å². The van der Waals surface area contributed by atoms with E-state index in [9.17, 15) is 4.79 Å². The maximum Gasteiger partial charge on any atom is 0.255 e. The number of aromatic nitrogens is 1. The van der Waals surface area contributed by atoms with Crippen LogP contribution in [0.1, 0.15) is 23.2 Å². The third-order valence-corrected chi connectivity index (χ3v) is 4.64. The number of hydrogen-bond donors (Lipinski definition) is 1. The van der Waals surface area contributed by atoms with Gasteiger partial charge in [-0.15, -0.1) is 0 Å². The molecule has 0 spiro atoms. The Labute approximate surface area is 142 Å². The normalized spacial score (nSPS) is 15.3. The quantitative estimate of drug-likeness (QED) is 0.938. The van der Waals surface area contributed by atoms with Gasteiger partial charge in [0.05, 0.1) is 12.7 Å². The zero-order valence-corrected chi connectivity index (χ0v) is 13.9. The fraction of sp³-hybridized carbons (Fsp3) is 0.368. The summed E-state index contributed by atoms with van der Waals surface area (Å²) >= 11 is 0. The van der Waals surface area contributed by atoms with Gasteiger partial charge in [-0.25, -0.2) is 0 Å². The van der Waals surface area contributed by atoms with E-state index < -0.39 is 0 Å². The minimum atomic E-state index is 0.0494. The Bertz CT molecular complexity index is 692. The summed E-state index contributed by atoms with van der Waals surface area (Å²) < 4.78 is 5.18. The highest BCUT2D eigenvalue weighted by Crippen LogP contribution is 2.24. The number of nitrogens with zero attached hydrogens (tertiary/aromatic N) is 2. The molecule has 24 heavy (non-hydrogen) atoms. The van der Waals surface area contributed by atoms with Crippen molar-refractivity contribution in [2.45, 2.75) is 12.8 Å². The lowest BCUT2D eigenvalue weighted by atomic mass is 9.96. The molecule has 1 saturated heterocycles. The molecule has 2 N–H and O–H groups in total. The molecule has 0 bridgehead atoms. The molecule has 2 heterocycles. The molecule has 0 saturated carbocycles. The van der Waals surface area contributed by atoms with Crippen molar-refractivity contribution in [1.82, 2.24) is 9.88 Å². The van der Waals surface area contributed by atoms with Crippen molar-refractivity contribution < 1.29 is 9.53 Å². The van der Waals surface area contributed by atoms with E-state index in [-0.39, 0.29) is 5.91 Å². The number of pyridine rings is 1. The maximum atomic E-state index is 12.7. The molecule has 1 fully saturated rings. The number of likely N-dealkylation sites (tertiary alicyclic amines) is 1. The second kappa shape index (κ2) is 7.45. The molecule has 1 aliphatic heterocycles. The first-order valence-electron chi connectivity index (χ1n) is 8.30. The fourth-order valence-electron chi connectivity index (χ4n) is 3.05. The van der Waals surface area contributed by atoms with Crippen molar-refractivity contribution in [3.63, 3.8) is 0 Å². The van der Waals surface area contributed by atoms with Gasteiger partial charge in [0.25, 0.3) is 5.91 Å². The van der Waals surface area contributed by atoms with Gasteiger partial charge in [0.1, 0.15) is 5.75 Å². The predicted octanol–water partition coefficient (Wildman–Crippen LogP) is 2.57. The monoisotopic (exact) mass is 325 g/mol. The van der Waals surface area contributed by atoms with Crippen LogP contribution in [-0.4, -0.2) is 42.5 Å². The number of amides is 1. The highest BCUT2D eigenvalue weighted by Gasteiger charge is 2.23. The van der Waals surface area contributed by atoms with E-state index in [1.54, 1.807) is 19.5 Å². The molecule has 0 unspecified atom stereocenters. The topological polar surface area (TPSA) is 68.5 Å². The van der Waals surface area contributed by atoms with Gasteiger partial charge < -0.3 is 15.4 Å². The summed E-state index contributed by atoms with van der Waals surface area (Å²) in [7, 11) is 1.64. The molecule has 1 aromatic carbocycles. The number of piperidine rings is 1. The minimum absolute atomic E-state index is 0.0494. The Balaban J connectivity index is 1.76. The SMILES string of the molecule is COc1ccc(-c2cncc(C(=O)N3CCC(CN)CC3)c2)cc1.